The van der Waals surface area contributed by atoms with Gasteiger partial charge in [-0.25, -0.2) is 0 Å². The summed E-state index contributed by atoms with van der Waals surface area (Å²) in [6.45, 7) is 5.66. The minimum absolute atomic E-state index is 0.0105. The van der Waals surface area contributed by atoms with E-state index >= 15 is 0 Å². The molecule has 4 heteroatoms. The van der Waals surface area contributed by atoms with E-state index in [1.807, 2.05) is 13.8 Å². The van der Waals surface area contributed by atoms with Crippen molar-refractivity contribution in [3.8, 4) is 22.8 Å². The Morgan fingerprint density at radius 1 is 1.04 bits per heavy atom. The van der Waals surface area contributed by atoms with Gasteiger partial charge in [-0.05, 0) is 48.7 Å². The van der Waals surface area contributed by atoms with Crippen LogP contribution < -0.4 is 5.43 Å². The minimum atomic E-state index is -0.145. The number of phenols is 2. The van der Waals surface area contributed by atoms with Crippen molar-refractivity contribution in [2.24, 2.45) is 0 Å². The molecule has 0 atom stereocenters. The van der Waals surface area contributed by atoms with Crippen molar-refractivity contribution in [3.05, 3.63) is 57.7 Å². The number of aryl methyl sites for hydroxylation is 1. The monoisotopic (exact) mass is 310 g/mol. The molecule has 1 aromatic heterocycles. The predicted molar refractivity (Wildman–Crippen MR) is 90.1 cm³/mol. The van der Waals surface area contributed by atoms with E-state index in [4.69, 9.17) is 4.42 Å². The fourth-order valence-electron chi connectivity index (χ4n) is 2.85. The molecule has 0 saturated heterocycles. The Morgan fingerprint density at radius 2 is 1.70 bits per heavy atom. The largest absolute Gasteiger partial charge is 0.508 e. The summed E-state index contributed by atoms with van der Waals surface area (Å²) in [4.78, 5) is 12.6. The predicted octanol–water partition coefficient (Wildman–Crippen LogP) is 4.30. The summed E-state index contributed by atoms with van der Waals surface area (Å²) in [6, 6.07) is 9.50. The van der Waals surface area contributed by atoms with Crippen LogP contribution in [0, 0.1) is 6.92 Å². The van der Waals surface area contributed by atoms with Crippen LogP contribution in [0.5, 0.6) is 11.5 Å². The number of aromatic hydroxyl groups is 2. The van der Waals surface area contributed by atoms with Gasteiger partial charge in [0.1, 0.15) is 22.8 Å². The van der Waals surface area contributed by atoms with Gasteiger partial charge in [0.25, 0.3) is 0 Å². The molecule has 0 bridgehead atoms. The molecule has 0 aliphatic carbocycles. The standard InChI is InChI=1S/C19H18O4/c1-10(2)17-14(21)8-11(3)18-15(22)9-16(23-19(17)18)12-4-6-13(20)7-5-12/h4-10,20-21H,1-3H3. The molecule has 0 unspecified atom stereocenters. The first kappa shape index (κ1) is 15.2. The van der Waals surface area contributed by atoms with Crippen LogP contribution >= 0.6 is 0 Å². The van der Waals surface area contributed by atoms with Gasteiger partial charge < -0.3 is 14.6 Å². The molecule has 0 amide bonds. The molecule has 0 radical (unpaired) electrons. The summed E-state index contributed by atoms with van der Waals surface area (Å²) in [5.74, 6) is 0.704. The highest BCUT2D eigenvalue weighted by molar-refractivity contribution is 5.87. The van der Waals surface area contributed by atoms with Crippen LogP contribution in [0.25, 0.3) is 22.3 Å². The second kappa shape index (κ2) is 5.47. The molecular formula is C19H18O4. The van der Waals surface area contributed by atoms with Gasteiger partial charge in [-0.1, -0.05) is 13.8 Å². The van der Waals surface area contributed by atoms with Crippen LogP contribution in [0.2, 0.25) is 0 Å². The molecule has 3 rings (SSSR count). The van der Waals surface area contributed by atoms with Gasteiger partial charge in [0, 0.05) is 17.2 Å². The third-order valence-corrected chi connectivity index (χ3v) is 3.94. The van der Waals surface area contributed by atoms with Gasteiger partial charge in [0.15, 0.2) is 5.43 Å². The van der Waals surface area contributed by atoms with Gasteiger partial charge in [-0.3, -0.25) is 4.79 Å². The molecule has 0 saturated carbocycles. The minimum Gasteiger partial charge on any atom is -0.508 e. The van der Waals surface area contributed by atoms with Crippen LogP contribution in [0.4, 0.5) is 0 Å². The van der Waals surface area contributed by atoms with Gasteiger partial charge in [0.2, 0.25) is 0 Å². The molecule has 118 valence electrons. The Balaban J connectivity index is 2.38. The summed E-state index contributed by atoms with van der Waals surface area (Å²) < 4.78 is 5.98. The van der Waals surface area contributed by atoms with E-state index in [0.29, 0.717) is 33.4 Å². The molecule has 2 aromatic carbocycles. The maximum absolute atomic E-state index is 12.6. The quantitative estimate of drug-likeness (QED) is 0.740. The highest BCUT2D eigenvalue weighted by Crippen LogP contribution is 2.36. The molecule has 0 fully saturated rings. The lowest BCUT2D eigenvalue weighted by molar-refractivity contribution is 0.462. The SMILES string of the molecule is Cc1cc(O)c(C(C)C)c2oc(-c3ccc(O)cc3)cc(=O)c12. The van der Waals surface area contributed by atoms with Crippen LogP contribution in [-0.2, 0) is 0 Å². The topological polar surface area (TPSA) is 70.7 Å². The van der Waals surface area contributed by atoms with Crippen molar-refractivity contribution < 1.29 is 14.6 Å². The zero-order valence-electron chi connectivity index (χ0n) is 13.3. The van der Waals surface area contributed by atoms with Gasteiger partial charge >= 0.3 is 0 Å². The molecule has 1 heterocycles. The smallest absolute Gasteiger partial charge is 0.193 e. The van der Waals surface area contributed by atoms with E-state index in [1.54, 1.807) is 25.1 Å². The van der Waals surface area contributed by atoms with Crippen LogP contribution in [-0.4, -0.2) is 10.2 Å². The molecule has 23 heavy (non-hydrogen) atoms. The second-order valence-electron chi connectivity index (χ2n) is 6.01. The van der Waals surface area contributed by atoms with E-state index < -0.39 is 0 Å². The molecule has 3 aromatic rings. The van der Waals surface area contributed by atoms with E-state index in [1.165, 1.54) is 18.2 Å². The maximum atomic E-state index is 12.6. The average Bonchev–Trinajstić information content (AvgIpc) is 2.46. The fourth-order valence-corrected chi connectivity index (χ4v) is 2.85. The van der Waals surface area contributed by atoms with Crippen molar-refractivity contribution in [1.82, 2.24) is 0 Å². The van der Waals surface area contributed by atoms with Crippen LogP contribution in [0.15, 0.2) is 45.6 Å². The first-order chi connectivity index (χ1) is 10.9. The number of phenolic OH excluding ortho intramolecular Hbond substituents is 2. The Labute approximate surface area is 133 Å². The lowest BCUT2D eigenvalue weighted by atomic mass is 9.96. The number of hydrogen-bond donors (Lipinski definition) is 2. The maximum Gasteiger partial charge on any atom is 0.193 e. The first-order valence-electron chi connectivity index (χ1n) is 7.48. The zero-order valence-corrected chi connectivity index (χ0v) is 13.3. The lowest BCUT2D eigenvalue weighted by Gasteiger charge is -2.14. The number of fused-ring (bicyclic) bond motifs is 1. The summed E-state index contributed by atoms with van der Waals surface area (Å²) in [5.41, 5.74) is 2.29. The molecule has 0 aliphatic rings. The summed E-state index contributed by atoms with van der Waals surface area (Å²) in [6.07, 6.45) is 0. The van der Waals surface area contributed by atoms with Crippen molar-refractivity contribution in [1.29, 1.82) is 0 Å². The fraction of sp³-hybridized carbons (Fsp3) is 0.211. The number of rotatable bonds is 2. The Kier molecular flexibility index (Phi) is 3.60. The average molecular weight is 310 g/mol. The third kappa shape index (κ3) is 2.57. The van der Waals surface area contributed by atoms with Crippen molar-refractivity contribution in [2.75, 3.05) is 0 Å². The van der Waals surface area contributed by atoms with Gasteiger partial charge in [-0.2, -0.15) is 0 Å². The Morgan fingerprint density at radius 3 is 2.30 bits per heavy atom. The van der Waals surface area contributed by atoms with E-state index in [9.17, 15) is 15.0 Å². The molecule has 2 N–H and O–H groups in total. The van der Waals surface area contributed by atoms with E-state index in [0.717, 1.165) is 0 Å². The number of benzene rings is 2. The highest BCUT2D eigenvalue weighted by Gasteiger charge is 2.18. The van der Waals surface area contributed by atoms with E-state index in [2.05, 4.69) is 0 Å². The highest BCUT2D eigenvalue weighted by atomic mass is 16.3. The van der Waals surface area contributed by atoms with Crippen LogP contribution in [0.3, 0.4) is 0 Å². The number of hydrogen-bond acceptors (Lipinski definition) is 4. The second-order valence-corrected chi connectivity index (χ2v) is 6.01. The van der Waals surface area contributed by atoms with Gasteiger partial charge in [-0.15, -0.1) is 0 Å². The Bertz CT molecular complexity index is 934. The van der Waals surface area contributed by atoms with E-state index in [-0.39, 0.29) is 22.8 Å². The summed E-state index contributed by atoms with van der Waals surface area (Å²) in [7, 11) is 0. The summed E-state index contributed by atoms with van der Waals surface area (Å²) in [5, 5.41) is 20.1. The Hall–Kier alpha value is -2.75. The normalized spacial score (nSPS) is 11.3. The molecule has 0 spiro atoms. The van der Waals surface area contributed by atoms with Crippen molar-refractivity contribution >= 4 is 11.0 Å². The van der Waals surface area contributed by atoms with Gasteiger partial charge in [0.05, 0.1) is 5.39 Å². The molecule has 0 aliphatic heterocycles. The molecule has 4 nitrogen and oxygen atoms in total. The third-order valence-electron chi connectivity index (χ3n) is 3.94. The van der Waals surface area contributed by atoms with Crippen molar-refractivity contribution in [3.63, 3.8) is 0 Å². The van der Waals surface area contributed by atoms with Crippen LogP contribution in [0.1, 0.15) is 30.9 Å². The zero-order chi connectivity index (χ0) is 16.7. The molecular weight excluding hydrogens is 292 g/mol. The lowest BCUT2D eigenvalue weighted by Crippen LogP contribution is -2.05. The summed E-state index contributed by atoms with van der Waals surface area (Å²) >= 11 is 0. The first-order valence-corrected chi connectivity index (χ1v) is 7.48. The van der Waals surface area contributed by atoms with Crippen molar-refractivity contribution in [2.45, 2.75) is 26.7 Å².